The molecule has 3 nitrogen and oxygen atoms in total. The van der Waals surface area contributed by atoms with E-state index < -0.39 is 0 Å². The minimum atomic E-state index is 0.200. The first-order valence-electron chi connectivity index (χ1n) is 6.47. The van der Waals surface area contributed by atoms with Crippen molar-refractivity contribution >= 4 is 23.2 Å². The van der Waals surface area contributed by atoms with E-state index in [1.165, 1.54) is 0 Å². The average molecular weight is 306 g/mol. The van der Waals surface area contributed by atoms with Crippen molar-refractivity contribution in [2.45, 2.75) is 33.4 Å². The lowest BCUT2D eigenvalue weighted by Crippen LogP contribution is -2.15. The third-order valence-electron chi connectivity index (χ3n) is 2.43. The number of benzene rings is 1. The van der Waals surface area contributed by atoms with E-state index in [2.05, 4.69) is 5.32 Å². The molecule has 5 heteroatoms. The first kappa shape index (κ1) is 16.6. The Morgan fingerprint density at radius 1 is 1.21 bits per heavy atom. The minimum absolute atomic E-state index is 0.200. The number of nitrogens with one attached hydrogen (secondary N) is 1. The first-order valence-corrected chi connectivity index (χ1v) is 7.23. The molecule has 0 atom stereocenters. The van der Waals surface area contributed by atoms with Crippen LogP contribution in [0, 0.1) is 0 Å². The van der Waals surface area contributed by atoms with Gasteiger partial charge in [0.1, 0.15) is 12.4 Å². The van der Waals surface area contributed by atoms with Gasteiger partial charge in [-0.05, 0) is 32.5 Å². The zero-order valence-electron chi connectivity index (χ0n) is 11.6. The van der Waals surface area contributed by atoms with Crippen LogP contribution >= 0.6 is 23.2 Å². The van der Waals surface area contributed by atoms with Gasteiger partial charge >= 0.3 is 0 Å². The molecule has 0 bridgehead atoms. The molecule has 1 N–H and O–H groups in total. The zero-order valence-corrected chi connectivity index (χ0v) is 13.1. The Balaban J connectivity index is 2.68. The maximum absolute atomic E-state index is 6.18. The standard InChI is InChI=1S/C14H21Cl2NO2/c1-4-17-9-11-7-12(15)8-13(16)14(11)19-6-5-18-10(2)3/h7-8,10,17H,4-6,9H2,1-3H3. The topological polar surface area (TPSA) is 30.5 Å². The summed E-state index contributed by atoms with van der Waals surface area (Å²) in [4.78, 5) is 0. The Morgan fingerprint density at radius 2 is 1.95 bits per heavy atom. The van der Waals surface area contributed by atoms with Gasteiger partial charge < -0.3 is 14.8 Å². The van der Waals surface area contributed by atoms with E-state index in [9.17, 15) is 0 Å². The highest BCUT2D eigenvalue weighted by atomic mass is 35.5. The summed E-state index contributed by atoms with van der Waals surface area (Å²) < 4.78 is 11.2. The molecule has 0 saturated carbocycles. The highest BCUT2D eigenvalue weighted by molar-refractivity contribution is 6.35. The van der Waals surface area contributed by atoms with Crippen molar-refractivity contribution in [1.29, 1.82) is 0 Å². The molecule has 0 aliphatic carbocycles. The van der Waals surface area contributed by atoms with Crippen molar-refractivity contribution in [3.8, 4) is 5.75 Å². The third-order valence-corrected chi connectivity index (χ3v) is 2.93. The van der Waals surface area contributed by atoms with E-state index in [0.717, 1.165) is 12.1 Å². The van der Waals surface area contributed by atoms with Crippen molar-refractivity contribution in [2.24, 2.45) is 0 Å². The predicted molar refractivity (Wildman–Crippen MR) is 80.4 cm³/mol. The van der Waals surface area contributed by atoms with Gasteiger partial charge in [0.2, 0.25) is 0 Å². The van der Waals surface area contributed by atoms with Crippen LogP contribution in [-0.4, -0.2) is 25.9 Å². The van der Waals surface area contributed by atoms with Gasteiger partial charge in [0.15, 0.2) is 0 Å². The van der Waals surface area contributed by atoms with E-state index in [0.29, 0.717) is 35.6 Å². The zero-order chi connectivity index (χ0) is 14.3. The molecule has 0 amide bonds. The number of ether oxygens (including phenoxy) is 2. The van der Waals surface area contributed by atoms with Crippen molar-refractivity contribution in [3.63, 3.8) is 0 Å². The van der Waals surface area contributed by atoms with Crippen molar-refractivity contribution < 1.29 is 9.47 Å². The van der Waals surface area contributed by atoms with Crippen LogP contribution in [0.1, 0.15) is 26.3 Å². The van der Waals surface area contributed by atoms with E-state index in [-0.39, 0.29) is 6.10 Å². The predicted octanol–water partition coefficient (Wildman–Crippen LogP) is 3.91. The Kier molecular flexibility index (Phi) is 7.54. The maximum Gasteiger partial charge on any atom is 0.142 e. The van der Waals surface area contributed by atoms with Crippen molar-refractivity contribution in [1.82, 2.24) is 5.32 Å². The fraction of sp³-hybridized carbons (Fsp3) is 0.571. The van der Waals surface area contributed by atoms with Crippen LogP contribution < -0.4 is 10.1 Å². The lowest BCUT2D eigenvalue weighted by Gasteiger charge is -2.15. The van der Waals surface area contributed by atoms with Crippen LogP contribution in [0.4, 0.5) is 0 Å². The van der Waals surface area contributed by atoms with Gasteiger partial charge in [-0.1, -0.05) is 30.1 Å². The van der Waals surface area contributed by atoms with Gasteiger partial charge in [-0.2, -0.15) is 0 Å². The molecule has 0 saturated heterocycles. The molecule has 0 aliphatic heterocycles. The Labute approximate surface area is 125 Å². The summed E-state index contributed by atoms with van der Waals surface area (Å²) in [7, 11) is 0. The molecule has 19 heavy (non-hydrogen) atoms. The van der Waals surface area contributed by atoms with E-state index in [1.54, 1.807) is 6.07 Å². The van der Waals surface area contributed by atoms with Crippen LogP contribution in [0.2, 0.25) is 10.0 Å². The highest BCUT2D eigenvalue weighted by Gasteiger charge is 2.10. The van der Waals surface area contributed by atoms with Gasteiger partial charge in [-0.3, -0.25) is 0 Å². The van der Waals surface area contributed by atoms with Crippen LogP contribution in [0.3, 0.4) is 0 Å². The fourth-order valence-corrected chi connectivity index (χ4v) is 2.18. The van der Waals surface area contributed by atoms with E-state index in [4.69, 9.17) is 32.7 Å². The summed E-state index contributed by atoms with van der Waals surface area (Å²) in [6.07, 6.45) is 0.200. The smallest absolute Gasteiger partial charge is 0.142 e. The van der Waals surface area contributed by atoms with Crippen LogP contribution in [0.5, 0.6) is 5.75 Å². The largest absolute Gasteiger partial charge is 0.489 e. The lowest BCUT2D eigenvalue weighted by atomic mass is 10.2. The molecule has 1 rings (SSSR count). The quantitative estimate of drug-likeness (QED) is 0.739. The maximum atomic E-state index is 6.18. The van der Waals surface area contributed by atoms with Gasteiger partial charge in [-0.25, -0.2) is 0 Å². The average Bonchev–Trinajstić information content (AvgIpc) is 2.33. The molecular weight excluding hydrogens is 285 g/mol. The minimum Gasteiger partial charge on any atom is -0.489 e. The van der Waals surface area contributed by atoms with Crippen molar-refractivity contribution in [3.05, 3.63) is 27.7 Å². The molecule has 0 radical (unpaired) electrons. The molecule has 108 valence electrons. The molecule has 1 aromatic carbocycles. The van der Waals surface area contributed by atoms with E-state index in [1.807, 2.05) is 26.8 Å². The second-order valence-corrected chi connectivity index (χ2v) is 5.27. The Hall–Kier alpha value is -0.480. The Bertz CT molecular complexity index is 397. The van der Waals surface area contributed by atoms with Gasteiger partial charge in [0.25, 0.3) is 0 Å². The molecule has 0 unspecified atom stereocenters. The normalized spacial score (nSPS) is 11.1. The molecule has 1 aromatic rings. The van der Waals surface area contributed by atoms with Crippen LogP contribution in [0.15, 0.2) is 12.1 Å². The molecule has 0 aliphatic rings. The van der Waals surface area contributed by atoms with Gasteiger partial charge in [0.05, 0.1) is 17.7 Å². The molecule has 0 aromatic heterocycles. The number of rotatable bonds is 8. The summed E-state index contributed by atoms with van der Waals surface area (Å²) in [5.41, 5.74) is 0.962. The summed E-state index contributed by atoms with van der Waals surface area (Å²) in [5, 5.41) is 4.39. The number of hydrogen-bond acceptors (Lipinski definition) is 3. The van der Waals surface area contributed by atoms with Crippen molar-refractivity contribution in [2.75, 3.05) is 19.8 Å². The monoisotopic (exact) mass is 305 g/mol. The number of halogens is 2. The highest BCUT2D eigenvalue weighted by Crippen LogP contribution is 2.32. The van der Waals surface area contributed by atoms with Crippen LogP contribution in [-0.2, 0) is 11.3 Å². The van der Waals surface area contributed by atoms with Gasteiger partial charge in [-0.15, -0.1) is 0 Å². The molecule has 0 spiro atoms. The SMILES string of the molecule is CCNCc1cc(Cl)cc(Cl)c1OCCOC(C)C. The summed E-state index contributed by atoms with van der Waals surface area (Å²) in [5.74, 6) is 0.680. The first-order chi connectivity index (χ1) is 9.04. The number of hydrogen-bond donors (Lipinski definition) is 1. The molecular formula is C14H21Cl2NO2. The molecule has 0 fully saturated rings. The second kappa shape index (κ2) is 8.64. The summed E-state index contributed by atoms with van der Waals surface area (Å²) in [6.45, 7) is 8.59. The third kappa shape index (κ3) is 6.00. The van der Waals surface area contributed by atoms with E-state index >= 15 is 0 Å². The van der Waals surface area contributed by atoms with Gasteiger partial charge in [0, 0.05) is 17.1 Å². The second-order valence-electron chi connectivity index (χ2n) is 4.42. The molecule has 0 heterocycles. The Morgan fingerprint density at radius 3 is 2.58 bits per heavy atom. The van der Waals surface area contributed by atoms with Crippen LogP contribution in [0.25, 0.3) is 0 Å². The summed E-state index contributed by atoms with van der Waals surface area (Å²) in [6, 6.07) is 3.56. The fourth-order valence-electron chi connectivity index (χ4n) is 1.59. The lowest BCUT2D eigenvalue weighted by molar-refractivity contribution is 0.0551. The summed E-state index contributed by atoms with van der Waals surface area (Å²) >= 11 is 12.2.